The molecule has 6 unspecified atom stereocenters. The highest BCUT2D eigenvalue weighted by Gasteiger charge is 2.37. The second kappa shape index (κ2) is 23.8. The first kappa shape index (κ1) is 41.5. The zero-order valence-electron chi connectivity index (χ0n) is 27.4. The van der Waals surface area contributed by atoms with E-state index in [4.69, 9.17) is 67.6 Å². The fourth-order valence-electron chi connectivity index (χ4n) is 3.84. The fraction of sp³-hybridized carbons (Fsp3) is 1.00. The predicted octanol–water partition coefficient (Wildman–Crippen LogP) is -0.594. The average molecular weight is 611 g/mol. The van der Waals surface area contributed by atoms with Crippen molar-refractivity contribution in [2.45, 2.75) is 71.8 Å². The summed E-state index contributed by atoms with van der Waals surface area (Å²) in [5.41, 5.74) is 34.3. The quantitative estimate of drug-likeness (QED) is 0.0624. The molecule has 0 rings (SSSR count). The molecule has 0 fully saturated rings. The lowest BCUT2D eigenvalue weighted by Crippen LogP contribution is -2.47. The summed E-state index contributed by atoms with van der Waals surface area (Å²) in [6, 6.07) is -0.605. The van der Waals surface area contributed by atoms with E-state index in [-0.39, 0.29) is 49.3 Å². The molecule has 42 heavy (non-hydrogen) atoms. The summed E-state index contributed by atoms with van der Waals surface area (Å²) in [5, 5.41) is 0. The van der Waals surface area contributed by atoms with E-state index in [1.165, 1.54) is 0 Å². The van der Waals surface area contributed by atoms with Crippen molar-refractivity contribution in [1.29, 1.82) is 0 Å². The van der Waals surface area contributed by atoms with Crippen molar-refractivity contribution in [3.8, 4) is 0 Å². The van der Waals surface area contributed by atoms with Gasteiger partial charge < -0.3 is 67.6 Å². The molecule has 0 aromatic carbocycles. The van der Waals surface area contributed by atoms with Gasteiger partial charge in [-0.3, -0.25) is 0 Å². The van der Waals surface area contributed by atoms with Crippen LogP contribution in [0.4, 0.5) is 0 Å². The van der Waals surface area contributed by atoms with E-state index in [2.05, 4.69) is 0 Å². The van der Waals surface area contributed by atoms with Crippen LogP contribution in [0.1, 0.15) is 41.5 Å². The second-order valence-corrected chi connectivity index (χ2v) is 12.8. The molecule has 0 aliphatic heterocycles. The van der Waals surface area contributed by atoms with Crippen LogP contribution in [0.2, 0.25) is 0 Å². The molecule has 0 aromatic heterocycles. The van der Waals surface area contributed by atoms with E-state index in [0.29, 0.717) is 85.8 Å². The fourth-order valence-corrected chi connectivity index (χ4v) is 3.84. The lowest BCUT2D eigenvalue weighted by atomic mass is 9.90. The van der Waals surface area contributed by atoms with E-state index < -0.39 is 10.8 Å². The summed E-state index contributed by atoms with van der Waals surface area (Å²) >= 11 is 0. The summed E-state index contributed by atoms with van der Waals surface area (Å²) in [4.78, 5) is 0. The van der Waals surface area contributed by atoms with E-state index in [9.17, 15) is 0 Å². The van der Waals surface area contributed by atoms with Gasteiger partial charge in [-0.1, -0.05) is 6.92 Å². The van der Waals surface area contributed by atoms with Crippen molar-refractivity contribution >= 4 is 0 Å². The Kier molecular flexibility index (Phi) is 23.5. The van der Waals surface area contributed by atoms with Crippen LogP contribution < -0.4 is 34.4 Å². The van der Waals surface area contributed by atoms with Crippen molar-refractivity contribution in [2.24, 2.45) is 51.1 Å². The molecule has 0 amide bonds. The van der Waals surface area contributed by atoms with Gasteiger partial charge in [-0.15, -0.1) is 0 Å². The molecule has 0 saturated heterocycles. The molecule has 0 radical (unpaired) electrons. The molecule has 0 aliphatic carbocycles. The van der Waals surface area contributed by atoms with Gasteiger partial charge in [0.15, 0.2) is 0 Å². The van der Waals surface area contributed by atoms with Crippen molar-refractivity contribution in [2.75, 3.05) is 99.0 Å². The number of hydrogen-bond acceptors (Lipinski definition) is 13. The number of nitrogens with two attached hydrogens (primary N) is 6. The number of ether oxygens (including phenoxy) is 7. The Morgan fingerprint density at radius 2 is 0.595 bits per heavy atom. The SMILES string of the molecule is CC(N)COCC(COCC(C)N)(COCC(C)N)COCC(COCC(C)N)(COCC(C)N)COCC(C)CN. The molecule has 0 saturated carbocycles. The number of hydrogen-bond donors (Lipinski definition) is 6. The minimum atomic E-state index is -0.640. The molecule has 0 aliphatic rings. The third-order valence-electron chi connectivity index (χ3n) is 5.97. The Labute approximate surface area is 255 Å². The molecule has 13 nitrogen and oxygen atoms in total. The normalized spacial score (nSPS) is 19.4. The van der Waals surface area contributed by atoms with Gasteiger partial charge in [-0.05, 0) is 47.1 Å². The lowest BCUT2D eigenvalue weighted by molar-refractivity contribution is -0.145. The third kappa shape index (κ3) is 22.1. The average Bonchev–Trinajstić information content (AvgIpc) is 2.87. The van der Waals surface area contributed by atoms with E-state index in [1.807, 2.05) is 41.5 Å². The van der Waals surface area contributed by atoms with E-state index in [1.54, 1.807) is 0 Å². The second-order valence-electron chi connectivity index (χ2n) is 12.8. The summed E-state index contributed by atoms with van der Waals surface area (Å²) in [6.45, 7) is 16.9. The Balaban J connectivity index is 5.94. The zero-order chi connectivity index (χ0) is 32.0. The van der Waals surface area contributed by atoms with Crippen LogP contribution in [-0.2, 0) is 33.2 Å². The van der Waals surface area contributed by atoms with Crippen molar-refractivity contribution in [1.82, 2.24) is 0 Å². The molecule has 13 heteroatoms. The van der Waals surface area contributed by atoms with Crippen LogP contribution in [0.3, 0.4) is 0 Å². The minimum absolute atomic E-state index is 0.120. The van der Waals surface area contributed by atoms with E-state index in [0.717, 1.165) is 0 Å². The van der Waals surface area contributed by atoms with Gasteiger partial charge in [0, 0.05) is 30.2 Å². The summed E-state index contributed by atoms with van der Waals surface area (Å²) in [5.74, 6) is 0.206. The monoisotopic (exact) mass is 610 g/mol. The van der Waals surface area contributed by atoms with Crippen LogP contribution >= 0.6 is 0 Å². The Morgan fingerprint density at radius 1 is 0.381 bits per heavy atom. The maximum absolute atomic E-state index is 6.48. The maximum atomic E-state index is 6.48. The van der Waals surface area contributed by atoms with Crippen LogP contribution in [0, 0.1) is 16.7 Å². The predicted molar refractivity (Wildman–Crippen MR) is 167 cm³/mol. The van der Waals surface area contributed by atoms with Gasteiger partial charge in [0.1, 0.15) is 0 Å². The summed E-state index contributed by atoms with van der Waals surface area (Å²) in [6.07, 6.45) is 0. The number of rotatable bonds is 29. The lowest BCUT2D eigenvalue weighted by Gasteiger charge is -2.37. The minimum Gasteiger partial charge on any atom is -0.380 e. The molecular weight excluding hydrogens is 544 g/mol. The standard InChI is InChI=1S/C29H66N6O7/c1-22(7-30)8-36-14-28(15-37-9-23(2)31,16-38-10-24(3)32)20-42-21-29(17-39-11-25(4)33,18-40-12-26(5)34)19-41-13-27(6)35/h22-27H,7-21,30-35H2,1-6H3. The van der Waals surface area contributed by atoms with Gasteiger partial charge in [-0.2, -0.15) is 0 Å². The molecule has 6 atom stereocenters. The molecular formula is C29H66N6O7. The van der Waals surface area contributed by atoms with Crippen molar-refractivity contribution < 1.29 is 33.2 Å². The van der Waals surface area contributed by atoms with Crippen LogP contribution in [0.15, 0.2) is 0 Å². The van der Waals surface area contributed by atoms with Crippen LogP contribution in [-0.4, -0.2) is 129 Å². The summed E-state index contributed by atoms with van der Waals surface area (Å²) < 4.78 is 42.7. The van der Waals surface area contributed by atoms with Crippen LogP contribution in [0.25, 0.3) is 0 Å². The topological polar surface area (TPSA) is 221 Å². The Hall–Kier alpha value is -0.520. The van der Waals surface area contributed by atoms with Gasteiger partial charge in [0.2, 0.25) is 0 Å². The largest absolute Gasteiger partial charge is 0.380 e. The Morgan fingerprint density at radius 3 is 0.810 bits per heavy atom. The Bertz CT molecular complexity index is 579. The molecule has 12 N–H and O–H groups in total. The highest BCUT2D eigenvalue weighted by Crippen LogP contribution is 2.26. The van der Waals surface area contributed by atoms with E-state index >= 15 is 0 Å². The zero-order valence-corrected chi connectivity index (χ0v) is 27.4. The first-order chi connectivity index (χ1) is 19.7. The molecule has 0 spiro atoms. The molecule has 254 valence electrons. The highest BCUT2D eigenvalue weighted by molar-refractivity contribution is 4.84. The molecule has 0 aromatic rings. The summed E-state index contributed by atoms with van der Waals surface area (Å²) in [7, 11) is 0. The first-order valence-corrected chi connectivity index (χ1v) is 15.3. The molecule has 0 heterocycles. The van der Waals surface area contributed by atoms with Crippen molar-refractivity contribution in [3.63, 3.8) is 0 Å². The van der Waals surface area contributed by atoms with Gasteiger partial charge in [0.25, 0.3) is 0 Å². The van der Waals surface area contributed by atoms with Gasteiger partial charge >= 0.3 is 0 Å². The smallest absolute Gasteiger partial charge is 0.0637 e. The highest BCUT2D eigenvalue weighted by atomic mass is 16.5. The van der Waals surface area contributed by atoms with Gasteiger partial charge in [0.05, 0.1) is 103 Å². The van der Waals surface area contributed by atoms with Crippen molar-refractivity contribution in [3.05, 3.63) is 0 Å². The van der Waals surface area contributed by atoms with Gasteiger partial charge in [-0.25, -0.2) is 0 Å². The third-order valence-corrected chi connectivity index (χ3v) is 5.97. The molecule has 0 bridgehead atoms. The first-order valence-electron chi connectivity index (χ1n) is 15.3. The maximum Gasteiger partial charge on any atom is 0.0637 e. The van der Waals surface area contributed by atoms with Crippen LogP contribution in [0.5, 0.6) is 0 Å².